The second-order valence-corrected chi connectivity index (χ2v) is 4.81. The summed E-state index contributed by atoms with van der Waals surface area (Å²) >= 11 is 0. The minimum atomic E-state index is -0.413. The molecule has 0 saturated carbocycles. The smallest absolute Gasteiger partial charge is 0.341 e. The SMILES string of the molecule is O=C(OCCOc1ccccc1)c1cnn(-c2ccccc2)c1. The summed E-state index contributed by atoms with van der Waals surface area (Å²) in [5, 5.41) is 4.17. The van der Waals surface area contributed by atoms with Gasteiger partial charge in [0.05, 0.1) is 17.4 Å². The second-order valence-electron chi connectivity index (χ2n) is 4.81. The average Bonchev–Trinajstić information content (AvgIpc) is 3.10. The summed E-state index contributed by atoms with van der Waals surface area (Å²) in [7, 11) is 0. The van der Waals surface area contributed by atoms with Crippen molar-refractivity contribution < 1.29 is 14.3 Å². The number of rotatable bonds is 6. The van der Waals surface area contributed by atoms with Gasteiger partial charge in [0, 0.05) is 6.20 Å². The fourth-order valence-corrected chi connectivity index (χ4v) is 2.04. The van der Waals surface area contributed by atoms with Crippen LogP contribution in [0.5, 0.6) is 5.75 Å². The lowest BCUT2D eigenvalue weighted by Gasteiger charge is -2.06. The second kappa shape index (κ2) is 7.26. The van der Waals surface area contributed by atoms with Crippen LogP contribution in [0.3, 0.4) is 0 Å². The molecule has 0 aliphatic carbocycles. The van der Waals surface area contributed by atoms with Crippen LogP contribution in [0.15, 0.2) is 73.1 Å². The molecule has 0 aliphatic heterocycles. The molecule has 1 aromatic heterocycles. The molecule has 2 aromatic carbocycles. The molecule has 5 heteroatoms. The Morgan fingerprint density at radius 1 is 0.957 bits per heavy atom. The van der Waals surface area contributed by atoms with Gasteiger partial charge in [-0.05, 0) is 24.3 Å². The van der Waals surface area contributed by atoms with Crippen LogP contribution in [-0.2, 0) is 4.74 Å². The van der Waals surface area contributed by atoms with Gasteiger partial charge in [-0.1, -0.05) is 36.4 Å². The third-order valence-corrected chi connectivity index (χ3v) is 3.17. The lowest BCUT2D eigenvalue weighted by Crippen LogP contribution is -2.12. The van der Waals surface area contributed by atoms with Crippen LogP contribution in [0.25, 0.3) is 5.69 Å². The molecule has 0 spiro atoms. The van der Waals surface area contributed by atoms with Crippen LogP contribution in [-0.4, -0.2) is 29.0 Å². The van der Waals surface area contributed by atoms with Crippen molar-refractivity contribution in [1.29, 1.82) is 0 Å². The van der Waals surface area contributed by atoms with Crippen molar-refractivity contribution in [1.82, 2.24) is 9.78 Å². The molecule has 0 fully saturated rings. The Bertz CT molecular complexity index is 754. The van der Waals surface area contributed by atoms with Crippen LogP contribution in [0.4, 0.5) is 0 Å². The lowest BCUT2D eigenvalue weighted by molar-refractivity contribution is 0.0450. The molecule has 0 unspecified atom stereocenters. The fraction of sp³-hybridized carbons (Fsp3) is 0.111. The van der Waals surface area contributed by atoms with Gasteiger partial charge in [-0.15, -0.1) is 0 Å². The van der Waals surface area contributed by atoms with E-state index in [0.717, 1.165) is 11.4 Å². The van der Waals surface area contributed by atoms with Crippen molar-refractivity contribution in [3.63, 3.8) is 0 Å². The third-order valence-electron chi connectivity index (χ3n) is 3.17. The summed E-state index contributed by atoms with van der Waals surface area (Å²) in [4.78, 5) is 12.0. The van der Waals surface area contributed by atoms with Gasteiger partial charge in [-0.25, -0.2) is 9.48 Å². The molecular formula is C18H16N2O3. The van der Waals surface area contributed by atoms with Gasteiger partial charge in [-0.3, -0.25) is 0 Å². The fourth-order valence-electron chi connectivity index (χ4n) is 2.04. The minimum absolute atomic E-state index is 0.185. The topological polar surface area (TPSA) is 53.4 Å². The Hall–Kier alpha value is -3.08. The Morgan fingerprint density at radius 3 is 2.39 bits per heavy atom. The van der Waals surface area contributed by atoms with Crippen molar-refractivity contribution >= 4 is 5.97 Å². The van der Waals surface area contributed by atoms with Crippen molar-refractivity contribution in [2.24, 2.45) is 0 Å². The number of carbonyl (C=O) groups is 1. The molecule has 0 amide bonds. The van der Waals surface area contributed by atoms with Gasteiger partial charge in [-0.2, -0.15) is 5.10 Å². The molecule has 0 radical (unpaired) electrons. The van der Waals surface area contributed by atoms with E-state index in [1.165, 1.54) is 6.20 Å². The standard InChI is InChI=1S/C18H16N2O3/c21-18(23-12-11-22-17-9-5-2-6-10-17)15-13-19-20(14-15)16-7-3-1-4-8-16/h1-10,13-14H,11-12H2. The molecule has 3 aromatic rings. The zero-order chi connectivity index (χ0) is 15.9. The maximum atomic E-state index is 12.0. The van der Waals surface area contributed by atoms with Gasteiger partial charge in [0.2, 0.25) is 0 Å². The molecule has 0 bridgehead atoms. The average molecular weight is 308 g/mol. The number of para-hydroxylation sites is 2. The first kappa shape index (κ1) is 14.8. The number of hydrogen-bond acceptors (Lipinski definition) is 4. The van der Waals surface area contributed by atoms with Crippen LogP contribution < -0.4 is 4.74 Å². The molecule has 0 saturated heterocycles. The van der Waals surface area contributed by atoms with Crippen molar-refractivity contribution in [3.05, 3.63) is 78.6 Å². The molecule has 3 rings (SSSR count). The van der Waals surface area contributed by atoms with Gasteiger partial charge in [0.25, 0.3) is 0 Å². The van der Waals surface area contributed by atoms with Crippen LogP contribution >= 0.6 is 0 Å². The summed E-state index contributed by atoms with van der Waals surface area (Å²) in [5.41, 5.74) is 1.30. The van der Waals surface area contributed by atoms with E-state index < -0.39 is 5.97 Å². The normalized spacial score (nSPS) is 10.3. The van der Waals surface area contributed by atoms with Gasteiger partial charge in [0.15, 0.2) is 0 Å². The van der Waals surface area contributed by atoms with E-state index in [4.69, 9.17) is 9.47 Å². The maximum absolute atomic E-state index is 12.0. The highest BCUT2D eigenvalue weighted by atomic mass is 16.6. The number of benzene rings is 2. The van der Waals surface area contributed by atoms with E-state index in [0.29, 0.717) is 12.2 Å². The number of carbonyl (C=O) groups excluding carboxylic acids is 1. The summed E-state index contributed by atoms with van der Waals surface area (Å²) < 4.78 is 12.3. The zero-order valence-corrected chi connectivity index (χ0v) is 12.5. The van der Waals surface area contributed by atoms with E-state index in [9.17, 15) is 4.79 Å². The predicted molar refractivity (Wildman–Crippen MR) is 85.8 cm³/mol. The van der Waals surface area contributed by atoms with Gasteiger partial charge >= 0.3 is 5.97 Å². The molecule has 5 nitrogen and oxygen atoms in total. The summed E-state index contributed by atoms with van der Waals surface area (Å²) in [6.45, 7) is 0.493. The van der Waals surface area contributed by atoms with Crippen molar-refractivity contribution in [3.8, 4) is 11.4 Å². The van der Waals surface area contributed by atoms with Crippen molar-refractivity contribution in [2.75, 3.05) is 13.2 Å². The van der Waals surface area contributed by atoms with Crippen LogP contribution in [0.1, 0.15) is 10.4 Å². The maximum Gasteiger partial charge on any atom is 0.341 e. The highest BCUT2D eigenvalue weighted by Gasteiger charge is 2.10. The Morgan fingerprint density at radius 2 is 1.65 bits per heavy atom. The molecule has 0 aliphatic rings. The Balaban J connectivity index is 1.50. The first-order valence-corrected chi connectivity index (χ1v) is 7.28. The van der Waals surface area contributed by atoms with E-state index in [1.54, 1.807) is 10.9 Å². The van der Waals surface area contributed by atoms with E-state index in [2.05, 4.69) is 5.10 Å². The quantitative estimate of drug-likeness (QED) is 0.518. The summed E-state index contributed by atoms with van der Waals surface area (Å²) in [6, 6.07) is 19.0. The number of ether oxygens (including phenoxy) is 2. The van der Waals surface area contributed by atoms with E-state index in [1.807, 2.05) is 60.7 Å². The summed E-state index contributed by atoms with van der Waals surface area (Å²) in [6.07, 6.45) is 3.14. The van der Waals surface area contributed by atoms with Gasteiger partial charge in [0.1, 0.15) is 19.0 Å². The Kier molecular flexibility index (Phi) is 4.69. The minimum Gasteiger partial charge on any atom is -0.490 e. The number of esters is 1. The molecule has 0 atom stereocenters. The molecular weight excluding hydrogens is 292 g/mol. The molecule has 116 valence electrons. The van der Waals surface area contributed by atoms with Crippen LogP contribution in [0.2, 0.25) is 0 Å². The number of nitrogens with zero attached hydrogens (tertiary/aromatic N) is 2. The Labute approximate surface area is 134 Å². The lowest BCUT2D eigenvalue weighted by atomic mass is 10.3. The van der Waals surface area contributed by atoms with Crippen LogP contribution in [0, 0.1) is 0 Å². The number of hydrogen-bond donors (Lipinski definition) is 0. The molecule has 23 heavy (non-hydrogen) atoms. The zero-order valence-electron chi connectivity index (χ0n) is 12.5. The molecule has 1 heterocycles. The largest absolute Gasteiger partial charge is 0.490 e. The monoisotopic (exact) mass is 308 g/mol. The highest BCUT2D eigenvalue weighted by Crippen LogP contribution is 2.10. The first-order valence-electron chi connectivity index (χ1n) is 7.28. The van der Waals surface area contributed by atoms with E-state index >= 15 is 0 Å². The van der Waals surface area contributed by atoms with E-state index in [-0.39, 0.29) is 6.61 Å². The molecule has 0 N–H and O–H groups in total. The van der Waals surface area contributed by atoms with Crippen molar-refractivity contribution in [2.45, 2.75) is 0 Å². The highest BCUT2D eigenvalue weighted by molar-refractivity contribution is 5.88. The predicted octanol–water partition coefficient (Wildman–Crippen LogP) is 3.11. The number of aromatic nitrogens is 2. The van der Waals surface area contributed by atoms with Gasteiger partial charge < -0.3 is 9.47 Å². The third kappa shape index (κ3) is 3.97. The first-order chi connectivity index (χ1) is 11.3. The summed E-state index contributed by atoms with van der Waals surface area (Å²) in [5.74, 6) is 0.337.